The van der Waals surface area contributed by atoms with Crippen LogP contribution in [0.2, 0.25) is 0 Å². The fraction of sp³-hybridized carbons (Fsp3) is 0.150. The smallest absolute Gasteiger partial charge is 0.363 e. The minimum absolute atomic E-state index is 0.0945. The first-order valence-electron chi connectivity index (χ1n) is 8.20. The van der Waals surface area contributed by atoms with Crippen LogP contribution in [0.4, 0.5) is 4.39 Å². The van der Waals surface area contributed by atoms with Crippen LogP contribution in [0.5, 0.6) is 11.5 Å². The Balaban J connectivity index is 1.91. The van der Waals surface area contributed by atoms with Gasteiger partial charge in [0.15, 0.2) is 17.2 Å². The summed E-state index contributed by atoms with van der Waals surface area (Å²) in [7, 11) is 0. The Morgan fingerprint density at radius 2 is 1.93 bits per heavy atom. The predicted octanol–water partition coefficient (Wildman–Crippen LogP) is 3.49. The van der Waals surface area contributed by atoms with Gasteiger partial charge in [-0.1, -0.05) is 6.07 Å². The number of nitrogens with zero attached hydrogens (tertiary/aromatic N) is 1. The maximum Gasteiger partial charge on any atom is 0.363 e. The molecule has 0 atom stereocenters. The largest absolute Gasteiger partial charge is 0.490 e. The molecule has 0 saturated carbocycles. The first-order valence-corrected chi connectivity index (χ1v) is 8.20. The maximum absolute atomic E-state index is 13.0. The molecule has 6 nitrogen and oxygen atoms in total. The van der Waals surface area contributed by atoms with E-state index in [-0.39, 0.29) is 17.3 Å². The Kier molecular flexibility index (Phi) is 5.30. The molecule has 1 aliphatic heterocycles. The molecule has 2 aromatic carbocycles. The normalized spacial score (nSPS) is 14.7. The lowest BCUT2D eigenvalue weighted by molar-refractivity contribution is -0.132. The summed E-state index contributed by atoms with van der Waals surface area (Å²) in [6.07, 6.45) is 1.53. The second-order valence-corrected chi connectivity index (χ2v) is 5.58. The Bertz CT molecular complexity index is 947. The Hall–Kier alpha value is -3.48. The highest BCUT2D eigenvalue weighted by Gasteiger charge is 2.24. The van der Waals surface area contributed by atoms with E-state index in [2.05, 4.69) is 4.99 Å². The molecule has 0 fully saturated rings. The standard InChI is InChI=1S/C20H16FNO5/c1-3-25-18-11-13(4-9-17(18)26-12(2)23)10-16-20(24)27-19(22-16)14-5-7-15(21)8-6-14/h4-11H,3H2,1-2H3/b16-10-. The zero-order chi connectivity index (χ0) is 19.4. The Labute approximate surface area is 154 Å². The van der Waals surface area contributed by atoms with Crippen molar-refractivity contribution >= 4 is 23.9 Å². The number of benzene rings is 2. The molecule has 3 rings (SSSR count). The van der Waals surface area contributed by atoms with E-state index >= 15 is 0 Å². The summed E-state index contributed by atoms with van der Waals surface area (Å²) < 4.78 is 28.7. The second-order valence-electron chi connectivity index (χ2n) is 5.58. The number of carbonyl (C=O) groups excluding carboxylic acids is 2. The molecule has 0 unspecified atom stereocenters. The topological polar surface area (TPSA) is 74.2 Å². The zero-order valence-electron chi connectivity index (χ0n) is 14.7. The molecule has 0 aliphatic carbocycles. The molecule has 0 N–H and O–H groups in total. The van der Waals surface area contributed by atoms with Gasteiger partial charge in [-0.05, 0) is 55.0 Å². The molecular formula is C20H16FNO5. The van der Waals surface area contributed by atoms with Gasteiger partial charge in [0.25, 0.3) is 0 Å². The van der Waals surface area contributed by atoms with Gasteiger partial charge in [-0.3, -0.25) is 4.79 Å². The van der Waals surface area contributed by atoms with Gasteiger partial charge in [-0.25, -0.2) is 14.2 Å². The van der Waals surface area contributed by atoms with Crippen molar-refractivity contribution in [2.24, 2.45) is 4.99 Å². The van der Waals surface area contributed by atoms with Gasteiger partial charge in [-0.2, -0.15) is 0 Å². The van der Waals surface area contributed by atoms with Crippen LogP contribution in [-0.2, 0) is 14.3 Å². The number of ether oxygens (including phenoxy) is 3. The van der Waals surface area contributed by atoms with Crippen LogP contribution in [0, 0.1) is 5.82 Å². The van der Waals surface area contributed by atoms with Gasteiger partial charge >= 0.3 is 11.9 Å². The third-order valence-electron chi connectivity index (χ3n) is 3.54. The summed E-state index contributed by atoms with van der Waals surface area (Å²) >= 11 is 0. The average Bonchev–Trinajstić information content (AvgIpc) is 2.98. The summed E-state index contributed by atoms with van der Waals surface area (Å²) in [6.45, 7) is 3.48. The number of hydrogen-bond acceptors (Lipinski definition) is 6. The first kappa shape index (κ1) is 18.3. The molecular weight excluding hydrogens is 353 g/mol. The number of esters is 2. The first-order chi connectivity index (χ1) is 13.0. The average molecular weight is 369 g/mol. The lowest BCUT2D eigenvalue weighted by Gasteiger charge is -2.10. The predicted molar refractivity (Wildman–Crippen MR) is 95.9 cm³/mol. The van der Waals surface area contributed by atoms with Crippen molar-refractivity contribution in [3.05, 3.63) is 65.1 Å². The lowest BCUT2D eigenvalue weighted by Crippen LogP contribution is -2.05. The fourth-order valence-corrected chi connectivity index (χ4v) is 2.40. The van der Waals surface area contributed by atoms with Gasteiger partial charge in [-0.15, -0.1) is 0 Å². The molecule has 0 aromatic heterocycles. The molecule has 27 heavy (non-hydrogen) atoms. The number of cyclic esters (lactones) is 1. The number of carbonyl (C=O) groups is 2. The number of aliphatic imine (C=N–C) groups is 1. The molecule has 1 heterocycles. The summed E-state index contributed by atoms with van der Waals surface area (Å²) in [5, 5.41) is 0. The Morgan fingerprint density at radius 1 is 1.19 bits per heavy atom. The van der Waals surface area contributed by atoms with Crippen molar-refractivity contribution in [2.45, 2.75) is 13.8 Å². The molecule has 2 aromatic rings. The molecule has 138 valence electrons. The van der Waals surface area contributed by atoms with E-state index < -0.39 is 17.8 Å². The van der Waals surface area contributed by atoms with Crippen LogP contribution in [0.25, 0.3) is 6.08 Å². The van der Waals surface area contributed by atoms with Crippen LogP contribution in [0.3, 0.4) is 0 Å². The summed E-state index contributed by atoms with van der Waals surface area (Å²) in [5.41, 5.74) is 1.20. The summed E-state index contributed by atoms with van der Waals surface area (Å²) in [4.78, 5) is 27.4. The molecule has 0 amide bonds. The molecule has 1 aliphatic rings. The number of hydrogen-bond donors (Lipinski definition) is 0. The molecule has 0 spiro atoms. The minimum atomic E-state index is -0.614. The van der Waals surface area contributed by atoms with Crippen LogP contribution in [-0.4, -0.2) is 24.4 Å². The van der Waals surface area contributed by atoms with E-state index in [1.807, 2.05) is 0 Å². The number of halogens is 1. The van der Waals surface area contributed by atoms with Crippen LogP contribution < -0.4 is 9.47 Å². The van der Waals surface area contributed by atoms with E-state index in [0.29, 0.717) is 23.5 Å². The highest BCUT2D eigenvalue weighted by molar-refractivity contribution is 6.12. The van der Waals surface area contributed by atoms with Gasteiger partial charge in [0.1, 0.15) is 5.82 Å². The number of rotatable bonds is 5. The summed E-state index contributed by atoms with van der Waals surface area (Å²) in [6, 6.07) is 10.3. The third-order valence-corrected chi connectivity index (χ3v) is 3.54. The highest BCUT2D eigenvalue weighted by Crippen LogP contribution is 2.30. The SMILES string of the molecule is CCOc1cc(/C=C2\N=C(c3ccc(F)cc3)OC2=O)ccc1OC(C)=O. The minimum Gasteiger partial charge on any atom is -0.490 e. The highest BCUT2D eigenvalue weighted by atomic mass is 19.1. The summed E-state index contributed by atoms with van der Waals surface area (Å²) in [5.74, 6) is -0.706. The van der Waals surface area contributed by atoms with E-state index in [1.165, 1.54) is 37.3 Å². The lowest BCUT2D eigenvalue weighted by atomic mass is 10.1. The van der Waals surface area contributed by atoms with E-state index in [9.17, 15) is 14.0 Å². The third kappa shape index (κ3) is 4.38. The van der Waals surface area contributed by atoms with E-state index in [4.69, 9.17) is 14.2 Å². The molecule has 0 bridgehead atoms. The van der Waals surface area contributed by atoms with Crippen molar-refractivity contribution < 1.29 is 28.2 Å². The molecule has 0 saturated heterocycles. The molecule has 0 radical (unpaired) electrons. The van der Waals surface area contributed by atoms with Crippen molar-refractivity contribution in [3.63, 3.8) is 0 Å². The van der Waals surface area contributed by atoms with Crippen molar-refractivity contribution in [3.8, 4) is 11.5 Å². The van der Waals surface area contributed by atoms with E-state index in [1.54, 1.807) is 25.1 Å². The van der Waals surface area contributed by atoms with Gasteiger partial charge < -0.3 is 14.2 Å². The van der Waals surface area contributed by atoms with Crippen LogP contribution in [0.1, 0.15) is 25.0 Å². The van der Waals surface area contributed by atoms with Crippen molar-refractivity contribution in [1.82, 2.24) is 0 Å². The van der Waals surface area contributed by atoms with Crippen LogP contribution >= 0.6 is 0 Å². The molecule has 7 heteroatoms. The van der Waals surface area contributed by atoms with Gasteiger partial charge in [0.2, 0.25) is 5.90 Å². The van der Waals surface area contributed by atoms with Crippen molar-refractivity contribution in [1.29, 1.82) is 0 Å². The van der Waals surface area contributed by atoms with Crippen molar-refractivity contribution in [2.75, 3.05) is 6.61 Å². The van der Waals surface area contributed by atoms with E-state index in [0.717, 1.165) is 0 Å². The Morgan fingerprint density at radius 3 is 2.59 bits per heavy atom. The van der Waals surface area contributed by atoms with Gasteiger partial charge in [0, 0.05) is 12.5 Å². The van der Waals surface area contributed by atoms with Gasteiger partial charge in [0.05, 0.1) is 6.61 Å². The van der Waals surface area contributed by atoms with Crippen LogP contribution in [0.15, 0.2) is 53.2 Å². The zero-order valence-corrected chi connectivity index (χ0v) is 14.7. The second kappa shape index (κ2) is 7.82. The maximum atomic E-state index is 13.0. The fourth-order valence-electron chi connectivity index (χ4n) is 2.40. The quantitative estimate of drug-likeness (QED) is 0.458. The monoisotopic (exact) mass is 369 g/mol.